The molecule has 0 saturated carbocycles. The average Bonchev–Trinajstić information content (AvgIpc) is 3.21. The zero-order chi connectivity index (χ0) is 20.5. The average molecular weight is 410 g/mol. The number of carbonyl (C=O) groups excluding carboxylic acids is 2. The molecule has 2 N–H and O–H groups in total. The zero-order valence-electron chi connectivity index (χ0n) is 16.0. The lowest BCUT2D eigenvalue weighted by molar-refractivity contribution is -0.119. The summed E-state index contributed by atoms with van der Waals surface area (Å²) < 4.78 is 0. The van der Waals surface area contributed by atoms with E-state index < -0.39 is 6.17 Å². The minimum absolute atomic E-state index is 0.0983. The molecule has 1 aliphatic rings. The smallest absolute Gasteiger partial charge is 0.257 e. The molecule has 1 atom stereocenters. The van der Waals surface area contributed by atoms with Gasteiger partial charge >= 0.3 is 0 Å². The Morgan fingerprint density at radius 2 is 1.93 bits per heavy atom. The van der Waals surface area contributed by atoms with Crippen LogP contribution >= 0.6 is 11.6 Å². The lowest BCUT2D eigenvalue weighted by Crippen LogP contribution is -2.50. The van der Waals surface area contributed by atoms with Crippen molar-refractivity contribution in [2.24, 2.45) is 0 Å². The standard InChI is InChI=1S/C21H20ClN5O2/c1-23-18(28)12-27-17-6-4-3-5-15(17)21(29)26(2)20(27)16-11-24-25-19(16)13-7-9-14(22)10-8-13/h3-11,20H,12H2,1-2H3,(H,23,28)(H,24,25)/t20-/m1/s1. The molecule has 0 bridgehead atoms. The van der Waals surface area contributed by atoms with E-state index in [1.54, 1.807) is 43.4 Å². The third kappa shape index (κ3) is 3.34. The number of H-pyrrole nitrogens is 1. The Labute approximate surface area is 173 Å². The Kier molecular flexibility index (Phi) is 4.98. The van der Waals surface area contributed by atoms with Gasteiger partial charge in [0.1, 0.15) is 6.17 Å². The van der Waals surface area contributed by atoms with Gasteiger partial charge in [-0.15, -0.1) is 0 Å². The zero-order valence-corrected chi connectivity index (χ0v) is 16.8. The van der Waals surface area contributed by atoms with E-state index in [1.165, 1.54) is 0 Å². The molecule has 2 heterocycles. The van der Waals surface area contributed by atoms with Gasteiger partial charge in [-0.3, -0.25) is 14.7 Å². The fourth-order valence-corrected chi connectivity index (χ4v) is 3.79. The number of aromatic nitrogens is 2. The molecule has 0 saturated heterocycles. The van der Waals surface area contributed by atoms with Crippen molar-refractivity contribution in [3.63, 3.8) is 0 Å². The molecule has 0 radical (unpaired) electrons. The maximum absolute atomic E-state index is 13.1. The summed E-state index contributed by atoms with van der Waals surface area (Å²) in [5.41, 5.74) is 3.73. The van der Waals surface area contributed by atoms with Gasteiger partial charge in [-0.1, -0.05) is 35.9 Å². The molecule has 1 aromatic heterocycles. The van der Waals surface area contributed by atoms with Crippen LogP contribution in [0.1, 0.15) is 22.1 Å². The largest absolute Gasteiger partial charge is 0.358 e. The molecule has 3 aromatic rings. The SMILES string of the molecule is CNC(=O)CN1c2ccccc2C(=O)N(C)[C@H]1c1cn[nH]c1-c1ccc(Cl)cc1. The van der Waals surface area contributed by atoms with Gasteiger partial charge in [0.25, 0.3) is 5.91 Å². The first-order valence-corrected chi connectivity index (χ1v) is 9.51. The summed E-state index contributed by atoms with van der Waals surface area (Å²) in [4.78, 5) is 28.9. The Balaban J connectivity index is 1.85. The highest BCUT2D eigenvalue weighted by Gasteiger charge is 2.38. The number of carbonyl (C=O) groups is 2. The van der Waals surface area contributed by atoms with Crippen molar-refractivity contribution in [2.75, 3.05) is 25.5 Å². The van der Waals surface area contributed by atoms with Crippen LogP contribution in [0.25, 0.3) is 11.3 Å². The van der Waals surface area contributed by atoms with Gasteiger partial charge < -0.3 is 15.1 Å². The van der Waals surface area contributed by atoms with Crippen LogP contribution in [0.2, 0.25) is 5.02 Å². The van der Waals surface area contributed by atoms with E-state index in [4.69, 9.17) is 11.6 Å². The molecule has 4 rings (SSSR count). The maximum Gasteiger partial charge on any atom is 0.257 e. The number of nitrogens with zero attached hydrogens (tertiary/aromatic N) is 3. The van der Waals surface area contributed by atoms with Crippen molar-refractivity contribution >= 4 is 29.1 Å². The third-order valence-corrected chi connectivity index (χ3v) is 5.35. The van der Waals surface area contributed by atoms with E-state index in [0.717, 1.165) is 16.8 Å². The van der Waals surface area contributed by atoms with Gasteiger partial charge in [0, 0.05) is 30.2 Å². The normalized spacial score (nSPS) is 16.0. The molecule has 29 heavy (non-hydrogen) atoms. The van der Waals surface area contributed by atoms with Crippen molar-refractivity contribution in [3.05, 3.63) is 70.9 Å². The summed E-state index contributed by atoms with van der Waals surface area (Å²) >= 11 is 6.03. The van der Waals surface area contributed by atoms with E-state index in [9.17, 15) is 9.59 Å². The molecule has 0 unspecified atom stereocenters. The molecule has 0 spiro atoms. The lowest BCUT2D eigenvalue weighted by atomic mass is 9.99. The molecule has 8 heteroatoms. The van der Waals surface area contributed by atoms with Gasteiger partial charge in [-0.25, -0.2) is 0 Å². The van der Waals surface area contributed by atoms with E-state index >= 15 is 0 Å². The number of para-hydroxylation sites is 1. The Hall–Kier alpha value is -3.32. The number of anilines is 1. The van der Waals surface area contributed by atoms with Gasteiger partial charge in [0.05, 0.1) is 29.7 Å². The fraction of sp³-hybridized carbons (Fsp3) is 0.190. The Morgan fingerprint density at radius 3 is 2.66 bits per heavy atom. The van der Waals surface area contributed by atoms with E-state index in [-0.39, 0.29) is 18.4 Å². The van der Waals surface area contributed by atoms with Crippen LogP contribution in [0.4, 0.5) is 5.69 Å². The van der Waals surface area contributed by atoms with E-state index in [1.807, 2.05) is 35.2 Å². The fourth-order valence-electron chi connectivity index (χ4n) is 3.67. The number of aromatic amines is 1. The Bertz CT molecular complexity index is 1060. The van der Waals surface area contributed by atoms with Crippen molar-refractivity contribution in [1.82, 2.24) is 20.4 Å². The quantitative estimate of drug-likeness (QED) is 0.693. The first-order chi connectivity index (χ1) is 14.0. The van der Waals surface area contributed by atoms with Gasteiger partial charge in [0.2, 0.25) is 5.91 Å². The molecule has 7 nitrogen and oxygen atoms in total. The Morgan fingerprint density at radius 1 is 1.21 bits per heavy atom. The second-order valence-electron chi connectivity index (χ2n) is 6.82. The minimum atomic E-state index is -0.501. The van der Waals surface area contributed by atoms with Crippen molar-refractivity contribution < 1.29 is 9.59 Å². The molecule has 0 fully saturated rings. The highest BCUT2D eigenvalue weighted by molar-refractivity contribution is 6.30. The van der Waals surface area contributed by atoms with Gasteiger partial charge in [-0.05, 0) is 24.3 Å². The molecule has 0 aliphatic carbocycles. The van der Waals surface area contributed by atoms with Crippen molar-refractivity contribution in [3.8, 4) is 11.3 Å². The van der Waals surface area contributed by atoms with Crippen molar-refractivity contribution in [2.45, 2.75) is 6.17 Å². The number of likely N-dealkylation sites (N-methyl/N-ethyl adjacent to an activating group) is 1. The molecule has 148 valence electrons. The second kappa shape index (κ2) is 7.60. The highest BCUT2D eigenvalue weighted by atomic mass is 35.5. The second-order valence-corrected chi connectivity index (χ2v) is 7.25. The van der Waals surface area contributed by atoms with E-state index in [0.29, 0.717) is 16.3 Å². The summed E-state index contributed by atoms with van der Waals surface area (Å²) in [7, 11) is 3.33. The van der Waals surface area contributed by atoms with Crippen LogP contribution in [0.3, 0.4) is 0 Å². The number of hydrogen-bond donors (Lipinski definition) is 2. The monoisotopic (exact) mass is 409 g/mol. The van der Waals surface area contributed by atoms with Crippen LogP contribution < -0.4 is 10.2 Å². The predicted octanol–water partition coefficient (Wildman–Crippen LogP) is 3.07. The van der Waals surface area contributed by atoms with Crippen LogP contribution in [-0.2, 0) is 4.79 Å². The predicted molar refractivity (Wildman–Crippen MR) is 112 cm³/mol. The summed E-state index contributed by atoms with van der Waals surface area (Å²) in [6.07, 6.45) is 1.20. The highest BCUT2D eigenvalue weighted by Crippen LogP contribution is 2.40. The minimum Gasteiger partial charge on any atom is -0.358 e. The van der Waals surface area contributed by atoms with E-state index in [2.05, 4.69) is 15.5 Å². The number of nitrogens with one attached hydrogen (secondary N) is 2. The van der Waals surface area contributed by atoms with Gasteiger partial charge in [-0.2, -0.15) is 5.10 Å². The first kappa shape index (κ1) is 19.0. The maximum atomic E-state index is 13.1. The number of amides is 2. The number of halogens is 1. The number of hydrogen-bond acceptors (Lipinski definition) is 4. The van der Waals surface area contributed by atoms with Crippen LogP contribution in [-0.4, -0.2) is 47.6 Å². The third-order valence-electron chi connectivity index (χ3n) is 5.10. The van der Waals surface area contributed by atoms with Crippen molar-refractivity contribution in [1.29, 1.82) is 0 Å². The molecule has 2 aromatic carbocycles. The van der Waals surface area contributed by atoms with Crippen LogP contribution in [0, 0.1) is 0 Å². The number of benzene rings is 2. The molecule has 2 amide bonds. The summed E-state index contributed by atoms with van der Waals surface area (Å²) in [5.74, 6) is -0.258. The lowest BCUT2D eigenvalue weighted by Gasteiger charge is -2.43. The number of fused-ring (bicyclic) bond motifs is 1. The van der Waals surface area contributed by atoms with Gasteiger partial charge in [0.15, 0.2) is 0 Å². The van der Waals surface area contributed by atoms with Crippen LogP contribution in [0.15, 0.2) is 54.7 Å². The molecular weight excluding hydrogens is 390 g/mol. The number of rotatable bonds is 4. The topological polar surface area (TPSA) is 81.3 Å². The molecule has 1 aliphatic heterocycles. The summed E-state index contributed by atoms with van der Waals surface area (Å²) in [6.45, 7) is 0.0983. The molecular formula is C21H20ClN5O2. The summed E-state index contributed by atoms with van der Waals surface area (Å²) in [5, 5.41) is 10.5. The first-order valence-electron chi connectivity index (χ1n) is 9.14. The van der Waals surface area contributed by atoms with Crippen LogP contribution in [0.5, 0.6) is 0 Å². The summed E-state index contributed by atoms with van der Waals surface area (Å²) in [6, 6.07) is 14.7.